The van der Waals surface area contributed by atoms with E-state index in [1.165, 1.54) is 43.7 Å². The van der Waals surface area contributed by atoms with Crippen molar-refractivity contribution in [2.75, 3.05) is 26.1 Å². The van der Waals surface area contributed by atoms with E-state index in [9.17, 15) is 14.4 Å². The number of carbonyl (C=O) groups is 3. The molecule has 1 fully saturated rings. The number of fused-ring (bicyclic) bond motifs is 1. The van der Waals surface area contributed by atoms with Crippen LogP contribution in [0.5, 0.6) is 11.5 Å². The maximum Gasteiger partial charge on any atom is 0.341 e. The molecule has 2 heterocycles. The molecule has 2 amide bonds. The van der Waals surface area contributed by atoms with Crippen LogP contribution in [0.15, 0.2) is 23.4 Å². The van der Waals surface area contributed by atoms with Crippen LogP contribution in [0, 0.1) is 0 Å². The first-order valence-electron chi connectivity index (χ1n) is 15.1. The predicted molar refractivity (Wildman–Crippen MR) is 169 cm³/mol. The van der Waals surface area contributed by atoms with Gasteiger partial charge in [0.25, 0.3) is 5.91 Å². The Morgan fingerprint density at radius 2 is 1.77 bits per heavy atom. The third-order valence-electron chi connectivity index (χ3n) is 7.98. The van der Waals surface area contributed by atoms with Crippen molar-refractivity contribution in [3.63, 3.8) is 0 Å². The lowest BCUT2D eigenvalue weighted by Gasteiger charge is -2.26. The van der Waals surface area contributed by atoms with Crippen molar-refractivity contribution >= 4 is 45.9 Å². The summed E-state index contributed by atoms with van der Waals surface area (Å²) in [4.78, 5) is 40.4. The third kappa shape index (κ3) is 7.04. The average Bonchev–Trinajstić information content (AvgIpc) is 3.74. The van der Waals surface area contributed by atoms with Gasteiger partial charge in [-0.1, -0.05) is 31.0 Å². The van der Waals surface area contributed by atoms with E-state index in [0.29, 0.717) is 38.6 Å². The topological polar surface area (TPSA) is 134 Å². The molecular formula is C31H39N5O6S2. The largest absolute Gasteiger partial charge is 0.497 e. The molecule has 3 aromatic rings. The molecule has 11 nitrogen and oxygen atoms in total. The van der Waals surface area contributed by atoms with Crippen LogP contribution >= 0.6 is 23.1 Å². The average molecular weight is 642 g/mol. The molecule has 2 aromatic heterocycles. The van der Waals surface area contributed by atoms with Gasteiger partial charge < -0.3 is 29.4 Å². The van der Waals surface area contributed by atoms with E-state index in [1.807, 2.05) is 6.92 Å². The SMILES string of the molecule is CCOC(=O)c1c(NC(=O)[C@@H](C)Sc2nnc(CNC(=O)c3cc(OC)cc(OC)c3)n2C2CCCCC2)sc2c1CCC2. The molecule has 1 saturated carbocycles. The first-order valence-corrected chi connectivity index (χ1v) is 16.8. The summed E-state index contributed by atoms with van der Waals surface area (Å²) in [6, 6.07) is 5.19. The van der Waals surface area contributed by atoms with Gasteiger partial charge in [0.2, 0.25) is 5.91 Å². The molecule has 44 heavy (non-hydrogen) atoms. The van der Waals surface area contributed by atoms with Crippen LogP contribution in [0.2, 0.25) is 0 Å². The van der Waals surface area contributed by atoms with Crippen LogP contribution in [0.1, 0.15) is 95.4 Å². The molecule has 236 valence electrons. The number of nitrogens with zero attached hydrogens (tertiary/aromatic N) is 3. The highest BCUT2D eigenvalue weighted by Crippen LogP contribution is 2.40. The number of thioether (sulfide) groups is 1. The molecule has 0 saturated heterocycles. The second-order valence-corrected chi connectivity index (χ2v) is 13.3. The highest BCUT2D eigenvalue weighted by Gasteiger charge is 2.31. The monoisotopic (exact) mass is 641 g/mol. The molecule has 1 aromatic carbocycles. The first kappa shape index (κ1) is 31.8. The number of carbonyl (C=O) groups excluding carboxylic acids is 3. The zero-order chi connectivity index (χ0) is 31.2. The fourth-order valence-corrected chi connectivity index (χ4v) is 7.97. The second kappa shape index (κ2) is 14.5. The molecule has 0 radical (unpaired) electrons. The minimum Gasteiger partial charge on any atom is -0.497 e. The highest BCUT2D eigenvalue weighted by molar-refractivity contribution is 8.00. The van der Waals surface area contributed by atoms with E-state index < -0.39 is 11.2 Å². The van der Waals surface area contributed by atoms with E-state index in [4.69, 9.17) is 14.2 Å². The number of benzene rings is 1. The Balaban J connectivity index is 1.32. The molecule has 2 aliphatic rings. The fourth-order valence-electron chi connectivity index (χ4n) is 5.75. The van der Waals surface area contributed by atoms with Gasteiger partial charge in [-0.2, -0.15) is 0 Å². The summed E-state index contributed by atoms with van der Waals surface area (Å²) in [6.07, 6.45) is 8.04. The number of nitrogens with one attached hydrogen (secondary N) is 2. The lowest BCUT2D eigenvalue weighted by Crippen LogP contribution is -2.27. The number of hydrogen-bond donors (Lipinski definition) is 2. The Labute approximate surface area is 265 Å². The van der Waals surface area contributed by atoms with Crippen LogP contribution in [0.25, 0.3) is 0 Å². The molecule has 0 bridgehead atoms. The van der Waals surface area contributed by atoms with Crippen molar-refractivity contribution in [1.82, 2.24) is 20.1 Å². The summed E-state index contributed by atoms with van der Waals surface area (Å²) in [5.74, 6) is 0.774. The molecule has 2 N–H and O–H groups in total. The van der Waals surface area contributed by atoms with E-state index in [2.05, 4.69) is 25.4 Å². The second-order valence-electron chi connectivity index (χ2n) is 10.9. The van der Waals surface area contributed by atoms with Crippen molar-refractivity contribution in [2.45, 2.75) is 88.2 Å². The zero-order valence-electron chi connectivity index (χ0n) is 25.6. The summed E-state index contributed by atoms with van der Waals surface area (Å²) >= 11 is 2.79. The summed E-state index contributed by atoms with van der Waals surface area (Å²) in [5, 5.41) is 15.6. The van der Waals surface area contributed by atoms with Gasteiger partial charge in [0.15, 0.2) is 11.0 Å². The Kier molecular flexibility index (Phi) is 10.5. The summed E-state index contributed by atoms with van der Waals surface area (Å²) in [6.45, 7) is 4.05. The molecule has 13 heteroatoms. The quantitative estimate of drug-likeness (QED) is 0.192. The number of thiophene rings is 1. The number of methoxy groups -OCH3 is 2. The fraction of sp³-hybridized carbons (Fsp3) is 0.516. The van der Waals surface area contributed by atoms with Gasteiger partial charge in [0.05, 0.1) is 38.2 Å². The number of aromatic nitrogens is 3. The predicted octanol–water partition coefficient (Wildman–Crippen LogP) is 5.58. The molecule has 0 aliphatic heterocycles. The molecule has 1 atom stereocenters. The Morgan fingerprint density at radius 3 is 2.45 bits per heavy atom. The van der Waals surface area contributed by atoms with Gasteiger partial charge in [-0.25, -0.2) is 4.79 Å². The van der Waals surface area contributed by atoms with Crippen LogP contribution < -0.4 is 20.1 Å². The van der Waals surface area contributed by atoms with Crippen LogP contribution in [0.3, 0.4) is 0 Å². The van der Waals surface area contributed by atoms with Gasteiger partial charge in [-0.15, -0.1) is 21.5 Å². The van der Waals surface area contributed by atoms with Crippen molar-refractivity contribution < 1.29 is 28.6 Å². The number of aryl methyl sites for hydroxylation is 1. The normalized spacial score (nSPS) is 15.4. The zero-order valence-corrected chi connectivity index (χ0v) is 27.2. The van der Waals surface area contributed by atoms with Gasteiger partial charge >= 0.3 is 5.97 Å². The number of anilines is 1. The number of esters is 1. The lowest BCUT2D eigenvalue weighted by molar-refractivity contribution is -0.115. The summed E-state index contributed by atoms with van der Waals surface area (Å²) in [5.41, 5.74) is 1.90. The summed E-state index contributed by atoms with van der Waals surface area (Å²) < 4.78 is 18.0. The number of hydrogen-bond acceptors (Lipinski definition) is 10. The number of ether oxygens (including phenoxy) is 3. The number of rotatable bonds is 12. The molecule has 0 spiro atoms. The molecule has 2 aliphatic carbocycles. The van der Waals surface area contributed by atoms with Gasteiger partial charge in [0.1, 0.15) is 16.5 Å². The lowest BCUT2D eigenvalue weighted by atomic mass is 9.95. The molecular weight excluding hydrogens is 603 g/mol. The van der Waals surface area contributed by atoms with Gasteiger partial charge in [-0.3, -0.25) is 9.59 Å². The van der Waals surface area contributed by atoms with E-state index in [0.717, 1.165) is 55.4 Å². The van der Waals surface area contributed by atoms with E-state index >= 15 is 0 Å². The third-order valence-corrected chi connectivity index (χ3v) is 10.2. The van der Waals surface area contributed by atoms with E-state index in [-0.39, 0.29) is 31.0 Å². The van der Waals surface area contributed by atoms with Crippen LogP contribution in [0.4, 0.5) is 5.00 Å². The van der Waals surface area contributed by atoms with E-state index in [1.54, 1.807) is 25.1 Å². The Bertz CT molecular complexity index is 1490. The van der Waals surface area contributed by atoms with Crippen LogP contribution in [-0.2, 0) is 28.9 Å². The first-order chi connectivity index (χ1) is 21.3. The maximum atomic E-state index is 13.4. The number of amides is 2. The summed E-state index contributed by atoms with van der Waals surface area (Å²) in [7, 11) is 3.07. The van der Waals surface area contributed by atoms with Crippen molar-refractivity contribution in [3.8, 4) is 11.5 Å². The van der Waals surface area contributed by atoms with Crippen molar-refractivity contribution in [3.05, 3.63) is 45.6 Å². The van der Waals surface area contributed by atoms with Crippen LogP contribution in [-0.4, -0.2) is 58.6 Å². The van der Waals surface area contributed by atoms with Crippen molar-refractivity contribution in [2.24, 2.45) is 0 Å². The maximum absolute atomic E-state index is 13.4. The molecule has 5 rings (SSSR count). The minimum absolute atomic E-state index is 0.173. The smallest absolute Gasteiger partial charge is 0.341 e. The van der Waals surface area contributed by atoms with Gasteiger partial charge in [0, 0.05) is 22.5 Å². The van der Waals surface area contributed by atoms with Gasteiger partial charge in [-0.05, 0) is 63.6 Å². The highest BCUT2D eigenvalue weighted by atomic mass is 32.2. The molecule has 0 unspecified atom stereocenters. The Morgan fingerprint density at radius 1 is 1.05 bits per heavy atom. The van der Waals surface area contributed by atoms with Crippen molar-refractivity contribution in [1.29, 1.82) is 0 Å². The minimum atomic E-state index is -0.514. The Hall–Kier alpha value is -3.58. The standard InChI is InChI=1S/C31H39N5O6S2/c1-5-42-30(39)26-23-12-9-13-24(23)44-29(26)33-27(37)18(2)43-31-35-34-25(36(31)20-10-7-6-8-11-20)17-32-28(38)19-14-21(40-3)16-22(15-19)41-4/h14-16,18,20H,5-13,17H2,1-4H3,(H,32,38)(H,33,37)/t18-/m1/s1.